The van der Waals surface area contributed by atoms with Gasteiger partial charge in [-0.15, -0.1) is 0 Å². The number of hydrogen-bond donors (Lipinski definition) is 0. The van der Waals surface area contributed by atoms with Crippen molar-refractivity contribution in [2.24, 2.45) is 0 Å². The lowest BCUT2D eigenvalue weighted by atomic mass is 10.1. The summed E-state index contributed by atoms with van der Waals surface area (Å²) in [5, 5.41) is 0.616. The Kier molecular flexibility index (Phi) is 3.76. The fourth-order valence-corrected chi connectivity index (χ4v) is 3.24. The molecule has 0 fully saturated rings. The lowest BCUT2D eigenvalue weighted by Crippen LogP contribution is -1.99. The minimum atomic E-state index is -3.37. The third kappa shape index (κ3) is 2.77. The number of sulfone groups is 1. The zero-order valence-corrected chi connectivity index (χ0v) is 13.2. The first-order valence-electron chi connectivity index (χ1n) is 6.46. The van der Waals surface area contributed by atoms with Crippen molar-refractivity contribution in [3.05, 3.63) is 59.9 Å². The van der Waals surface area contributed by atoms with E-state index in [1.165, 1.54) is 12.6 Å². The third-order valence-electron chi connectivity index (χ3n) is 3.22. The molecule has 2 aromatic carbocycles. The second-order valence-corrected chi connectivity index (χ2v) is 7.23. The Morgan fingerprint density at radius 2 is 1.73 bits per heavy atom. The number of oxazole rings is 1. The maximum atomic E-state index is 12.0. The van der Waals surface area contributed by atoms with Gasteiger partial charge < -0.3 is 4.42 Å². The quantitative estimate of drug-likeness (QED) is 0.725. The van der Waals surface area contributed by atoms with Crippen LogP contribution in [0, 0.1) is 0 Å². The lowest BCUT2D eigenvalue weighted by Gasteiger charge is -2.07. The van der Waals surface area contributed by atoms with E-state index >= 15 is 0 Å². The molecule has 0 aliphatic carbocycles. The molecule has 0 saturated heterocycles. The molecule has 112 valence electrons. The van der Waals surface area contributed by atoms with E-state index in [2.05, 4.69) is 4.98 Å². The molecule has 0 N–H and O–H groups in total. The Morgan fingerprint density at radius 1 is 1.05 bits per heavy atom. The minimum Gasteiger partial charge on any atom is -0.443 e. The van der Waals surface area contributed by atoms with Crippen LogP contribution in [0.5, 0.6) is 0 Å². The van der Waals surface area contributed by atoms with E-state index in [0.29, 0.717) is 22.0 Å². The second-order valence-electron chi connectivity index (χ2n) is 4.81. The molecule has 4 nitrogen and oxygen atoms in total. The Bertz CT molecular complexity index is 915. The lowest BCUT2D eigenvalue weighted by molar-refractivity contribution is 0.569. The summed E-state index contributed by atoms with van der Waals surface area (Å²) in [7, 11) is -3.37. The van der Waals surface area contributed by atoms with Gasteiger partial charge >= 0.3 is 0 Å². The third-order valence-corrected chi connectivity index (χ3v) is 4.62. The normalized spacial score (nSPS) is 11.5. The van der Waals surface area contributed by atoms with Crippen LogP contribution in [-0.2, 0) is 9.84 Å². The fourth-order valence-electron chi connectivity index (χ4n) is 2.23. The molecule has 1 heterocycles. The highest BCUT2D eigenvalue weighted by atomic mass is 35.5. The summed E-state index contributed by atoms with van der Waals surface area (Å²) in [5.41, 5.74) is 1.87. The van der Waals surface area contributed by atoms with Gasteiger partial charge in [0.05, 0.1) is 4.90 Å². The van der Waals surface area contributed by atoms with Crippen LogP contribution in [0.15, 0.2) is 64.2 Å². The zero-order valence-electron chi connectivity index (χ0n) is 11.7. The maximum Gasteiger partial charge on any atom is 0.182 e. The molecule has 1 aromatic heterocycles. The maximum absolute atomic E-state index is 12.0. The van der Waals surface area contributed by atoms with Crippen LogP contribution in [0.2, 0.25) is 5.02 Å². The standard InChI is InChI=1S/C16H12ClNO3S/c1-22(19,20)14-5-3-2-4-13(14)16-15(18-10-21-16)11-6-8-12(17)9-7-11/h2-10H,1H3. The van der Waals surface area contributed by atoms with Crippen LogP contribution in [0.4, 0.5) is 0 Å². The predicted octanol–water partition coefficient (Wildman–Crippen LogP) is 4.07. The smallest absolute Gasteiger partial charge is 0.182 e. The van der Waals surface area contributed by atoms with Crippen LogP contribution in [-0.4, -0.2) is 19.7 Å². The highest BCUT2D eigenvalue weighted by Crippen LogP contribution is 2.35. The molecule has 0 saturated carbocycles. The van der Waals surface area contributed by atoms with E-state index < -0.39 is 9.84 Å². The van der Waals surface area contributed by atoms with Gasteiger partial charge in [0.1, 0.15) is 5.69 Å². The average molecular weight is 334 g/mol. The summed E-state index contributed by atoms with van der Waals surface area (Å²) in [4.78, 5) is 4.42. The molecule has 0 unspecified atom stereocenters. The summed E-state index contributed by atoms with van der Waals surface area (Å²) in [6.45, 7) is 0. The van der Waals surface area contributed by atoms with Crippen LogP contribution in [0.1, 0.15) is 0 Å². The van der Waals surface area contributed by atoms with Gasteiger partial charge in [0.2, 0.25) is 0 Å². The molecule has 0 aliphatic heterocycles. The van der Waals surface area contributed by atoms with Crippen molar-refractivity contribution in [1.82, 2.24) is 4.98 Å². The SMILES string of the molecule is CS(=O)(=O)c1ccccc1-c1ocnc1-c1ccc(Cl)cc1. The van der Waals surface area contributed by atoms with E-state index in [4.69, 9.17) is 16.0 Å². The number of aromatic nitrogens is 1. The molecule has 3 rings (SSSR count). The Labute approximate surface area is 133 Å². The summed E-state index contributed by atoms with van der Waals surface area (Å²) in [6, 6.07) is 13.8. The molecule has 0 aliphatic rings. The van der Waals surface area contributed by atoms with Crippen LogP contribution < -0.4 is 0 Å². The van der Waals surface area contributed by atoms with Gasteiger partial charge in [0.25, 0.3) is 0 Å². The first kappa shape index (κ1) is 14.8. The van der Waals surface area contributed by atoms with Crippen molar-refractivity contribution in [3.8, 4) is 22.6 Å². The highest BCUT2D eigenvalue weighted by Gasteiger charge is 2.20. The second kappa shape index (κ2) is 5.59. The molecule has 0 bridgehead atoms. The number of halogens is 1. The fraction of sp³-hybridized carbons (Fsp3) is 0.0625. The van der Waals surface area contributed by atoms with Gasteiger partial charge in [-0.1, -0.05) is 35.9 Å². The topological polar surface area (TPSA) is 60.2 Å². The van der Waals surface area contributed by atoms with Crippen molar-refractivity contribution in [1.29, 1.82) is 0 Å². The van der Waals surface area contributed by atoms with E-state index in [-0.39, 0.29) is 4.90 Å². The monoisotopic (exact) mass is 333 g/mol. The minimum absolute atomic E-state index is 0.210. The van der Waals surface area contributed by atoms with Gasteiger partial charge in [-0.25, -0.2) is 13.4 Å². The van der Waals surface area contributed by atoms with E-state index in [0.717, 1.165) is 5.56 Å². The zero-order chi connectivity index (χ0) is 15.7. The summed E-state index contributed by atoms with van der Waals surface area (Å²) < 4.78 is 29.4. The highest BCUT2D eigenvalue weighted by molar-refractivity contribution is 7.90. The number of nitrogens with zero attached hydrogens (tertiary/aromatic N) is 1. The van der Waals surface area contributed by atoms with Crippen LogP contribution >= 0.6 is 11.6 Å². The van der Waals surface area contributed by atoms with Crippen molar-refractivity contribution >= 4 is 21.4 Å². The van der Waals surface area contributed by atoms with Gasteiger partial charge in [0, 0.05) is 22.4 Å². The van der Waals surface area contributed by atoms with Crippen LogP contribution in [0.3, 0.4) is 0 Å². The van der Waals surface area contributed by atoms with E-state index in [9.17, 15) is 8.42 Å². The molecule has 0 spiro atoms. The first-order valence-corrected chi connectivity index (χ1v) is 8.72. The molecular weight excluding hydrogens is 322 g/mol. The molecule has 0 amide bonds. The van der Waals surface area contributed by atoms with Crippen molar-refractivity contribution in [2.45, 2.75) is 4.90 Å². The molecule has 22 heavy (non-hydrogen) atoms. The Balaban J connectivity index is 2.20. The molecule has 0 radical (unpaired) electrons. The Morgan fingerprint density at radius 3 is 2.41 bits per heavy atom. The van der Waals surface area contributed by atoms with Gasteiger partial charge in [-0.2, -0.15) is 0 Å². The largest absolute Gasteiger partial charge is 0.443 e. The number of rotatable bonds is 3. The number of benzene rings is 2. The van der Waals surface area contributed by atoms with Crippen LogP contribution in [0.25, 0.3) is 22.6 Å². The van der Waals surface area contributed by atoms with Gasteiger partial charge in [-0.3, -0.25) is 0 Å². The Hall–Kier alpha value is -2.11. The first-order chi connectivity index (χ1) is 10.5. The van der Waals surface area contributed by atoms with Crippen molar-refractivity contribution in [3.63, 3.8) is 0 Å². The molecule has 0 atom stereocenters. The van der Waals surface area contributed by atoms with E-state index in [1.807, 2.05) is 12.1 Å². The number of hydrogen-bond acceptors (Lipinski definition) is 4. The van der Waals surface area contributed by atoms with Gasteiger partial charge in [-0.05, 0) is 24.3 Å². The summed E-state index contributed by atoms with van der Waals surface area (Å²) in [5.74, 6) is 0.420. The average Bonchev–Trinajstić information content (AvgIpc) is 2.96. The van der Waals surface area contributed by atoms with Crippen molar-refractivity contribution < 1.29 is 12.8 Å². The molecule has 3 aromatic rings. The van der Waals surface area contributed by atoms with Crippen molar-refractivity contribution in [2.75, 3.05) is 6.26 Å². The van der Waals surface area contributed by atoms with Gasteiger partial charge in [0.15, 0.2) is 22.0 Å². The van der Waals surface area contributed by atoms with E-state index in [1.54, 1.807) is 36.4 Å². The predicted molar refractivity (Wildman–Crippen MR) is 85.5 cm³/mol. The summed E-state index contributed by atoms with van der Waals surface area (Å²) in [6.07, 6.45) is 2.47. The molecular formula is C16H12ClNO3S. The summed E-state index contributed by atoms with van der Waals surface area (Å²) >= 11 is 5.89. The molecule has 6 heteroatoms.